The van der Waals surface area contributed by atoms with Crippen molar-refractivity contribution in [3.63, 3.8) is 0 Å². The summed E-state index contributed by atoms with van der Waals surface area (Å²) in [5.74, 6) is 1.42. The second-order valence-corrected chi connectivity index (χ2v) is 10.9. The summed E-state index contributed by atoms with van der Waals surface area (Å²) in [7, 11) is 3.13. The van der Waals surface area contributed by atoms with Crippen molar-refractivity contribution in [1.82, 2.24) is 14.4 Å². The summed E-state index contributed by atoms with van der Waals surface area (Å²) in [6, 6.07) is 10.8. The number of aromatic nitrogens is 1. The third kappa shape index (κ3) is 4.67. The molecule has 4 heterocycles. The average molecular weight is 526 g/mol. The van der Waals surface area contributed by atoms with E-state index in [1.807, 2.05) is 21.6 Å². The summed E-state index contributed by atoms with van der Waals surface area (Å²) in [5.41, 5.74) is 1.83. The van der Waals surface area contributed by atoms with E-state index in [4.69, 9.17) is 21.7 Å². The lowest BCUT2D eigenvalue weighted by atomic mass is 9.83. The van der Waals surface area contributed by atoms with Gasteiger partial charge in [-0.15, -0.1) is 0 Å². The number of hydrogen-bond acceptors (Lipinski definition) is 7. The lowest BCUT2D eigenvalue weighted by Gasteiger charge is -2.42. The van der Waals surface area contributed by atoms with Crippen molar-refractivity contribution in [1.29, 1.82) is 0 Å². The van der Waals surface area contributed by atoms with Crippen molar-refractivity contribution in [3.8, 4) is 11.5 Å². The number of thioether (sulfide) groups is 1. The number of rotatable bonds is 6. The molecule has 2 amide bonds. The molecule has 1 aromatic carbocycles. The van der Waals surface area contributed by atoms with Gasteiger partial charge in [0.2, 0.25) is 5.91 Å². The zero-order valence-electron chi connectivity index (χ0n) is 20.1. The molecule has 2 saturated heterocycles. The highest BCUT2D eigenvalue weighted by Gasteiger charge is 2.37. The van der Waals surface area contributed by atoms with Crippen LogP contribution in [0.4, 0.5) is 0 Å². The van der Waals surface area contributed by atoms with Crippen LogP contribution in [0.15, 0.2) is 46.1 Å². The molecular formula is C26H27N3O5S2. The third-order valence-electron chi connectivity index (χ3n) is 6.96. The Hall–Kier alpha value is -3.11. The lowest BCUT2D eigenvalue weighted by Crippen LogP contribution is -2.49. The van der Waals surface area contributed by atoms with Crippen LogP contribution in [0.25, 0.3) is 6.08 Å². The summed E-state index contributed by atoms with van der Waals surface area (Å²) in [6.07, 6.45) is 2.97. The van der Waals surface area contributed by atoms with Gasteiger partial charge in [-0.05, 0) is 42.2 Å². The highest BCUT2D eigenvalue weighted by atomic mass is 32.2. The van der Waals surface area contributed by atoms with E-state index in [1.165, 1.54) is 16.7 Å². The number of pyridine rings is 1. The van der Waals surface area contributed by atoms with Gasteiger partial charge in [0.05, 0.1) is 19.1 Å². The molecular weight excluding hydrogens is 498 g/mol. The first-order valence-electron chi connectivity index (χ1n) is 11.8. The molecule has 0 spiro atoms. The number of fused-ring (bicyclic) bond motifs is 4. The van der Waals surface area contributed by atoms with Crippen molar-refractivity contribution >= 4 is 46.2 Å². The van der Waals surface area contributed by atoms with E-state index in [-0.39, 0.29) is 42.2 Å². The Balaban J connectivity index is 1.23. The lowest BCUT2D eigenvalue weighted by molar-refractivity contribution is -0.134. The topological polar surface area (TPSA) is 81.1 Å². The van der Waals surface area contributed by atoms with Crippen LogP contribution >= 0.6 is 24.0 Å². The normalized spacial score (nSPS) is 22.1. The van der Waals surface area contributed by atoms with Gasteiger partial charge in [-0.1, -0.05) is 36.1 Å². The van der Waals surface area contributed by atoms with Crippen LogP contribution in [0, 0.1) is 5.92 Å². The molecule has 10 heteroatoms. The number of thiocarbonyl (C=S) groups is 1. The Morgan fingerprint density at radius 2 is 1.92 bits per heavy atom. The number of nitrogens with zero attached hydrogens (tertiary/aromatic N) is 3. The van der Waals surface area contributed by atoms with Gasteiger partial charge in [0.1, 0.15) is 4.32 Å². The molecule has 0 aliphatic carbocycles. The van der Waals surface area contributed by atoms with Crippen molar-refractivity contribution < 1.29 is 19.1 Å². The Bertz CT molecular complexity index is 1320. The van der Waals surface area contributed by atoms with Crippen molar-refractivity contribution in [3.05, 3.63) is 62.9 Å². The Kier molecular flexibility index (Phi) is 6.90. The highest BCUT2D eigenvalue weighted by molar-refractivity contribution is 8.26. The highest BCUT2D eigenvalue weighted by Crippen LogP contribution is 2.36. The maximum absolute atomic E-state index is 13.1. The average Bonchev–Trinajstić information content (AvgIpc) is 3.14. The fourth-order valence-electron chi connectivity index (χ4n) is 5.25. The number of methoxy groups -OCH3 is 2. The Labute approximate surface area is 218 Å². The maximum atomic E-state index is 13.1. The van der Waals surface area contributed by atoms with Gasteiger partial charge in [-0.3, -0.25) is 19.3 Å². The molecule has 1 aromatic heterocycles. The van der Waals surface area contributed by atoms with E-state index in [2.05, 4.69) is 0 Å². The van der Waals surface area contributed by atoms with Crippen LogP contribution < -0.4 is 15.0 Å². The SMILES string of the molecule is COc1ccc(/C=C2/SC(=S)N(CCC(=O)N3C[C@H]4C[C@@H](C3)c3cccc(=O)n3C4)C2=O)cc1OC. The second-order valence-electron chi connectivity index (χ2n) is 9.19. The van der Waals surface area contributed by atoms with E-state index >= 15 is 0 Å². The first-order chi connectivity index (χ1) is 17.4. The van der Waals surface area contributed by atoms with Gasteiger partial charge in [0, 0.05) is 50.3 Å². The van der Waals surface area contributed by atoms with E-state index in [0.29, 0.717) is 40.4 Å². The summed E-state index contributed by atoms with van der Waals surface area (Å²) in [4.78, 5) is 42.3. The number of carbonyl (C=O) groups excluding carboxylic acids is 2. The van der Waals surface area contributed by atoms with Crippen LogP contribution in [0.3, 0.4) is 0 Å². The fourth-order valence-corrected chi connectivity index (χ4v) is 6.56. The minimum absolute atomic E-state index is 0.00866. The van der Waals surface area contributed by atoms with E-state index in [1.54, 1.807) is 44.6 Å². The predicted octanol–water partition coefficient (Wildman–Crippen LogP) is 3.10. The minimum Gasteiger partial charge on any atom is -0.493 e. The molecule has 3 aliphatic heterocycles. The van der Waals surface area contributed by atoms with Crippen molar-refractivity contribution in [2.24, 2.45) is 5.92 Å². The van der Waals surface area contributed by atoms with E-state index in [9.17, 15) is 14.4 Å². The zero-order valence-corrected chi connectivity index (χ0v) is 21.8. The number of ether oxygens (including phenoxy) is 2. The van der Waals surface area contributed by atoms with Gasteiger partial charge in [-0.25, -0.2) is 0 Å². The van der Waals surface area contributed by atoms with Crippen LogP contribution in [0.5, 0.6) is 11.5 Å². The minimum atomic E-state index is -0.198. The van der Waals surface area contributed by atoms with Crippen LogP contribution in [0.2, 0.25) is 0 Å². The number of carbonyl (C=O) groups is 2. The smallest absolute Gasteiger partial charge is 0.266 e. The molecule has 0 radical (unpaired) electrons. The number of likely N-dealkylation sites (tertiary alicyclic amines) is 1. The molecule has 0 N–H and O–H groups in total. The van der Waals surface area contributed by atoms with E-state index in [0.717, 1.165) is 17.7 Å². The fraction of sp³-hybridized carbons (Fsp3) is 0.385. The Morgan fingerprint density at radius 1 is 1.11 bits per heavy atom. The number of piperidine rings is 1. The van der Waals surface area contributed by atoms with Gasteiger partial charge in [-0.2, -0.15) is 0 Å². The number of hydrogen-bond donors (Lipinski definition) is 0. The molecule has 0 saturated carbocycles. The third-order valence-corrected chi connectivity index (χ3v) is 8.34. The van der Waals surface area contributed by atoms with Crippen molar-refractivity contribution in [2.75, 3.05) is 33.9 Å². The van der Waals surface area contributed by atoms with Gasteiger partial charge in [0.15, 0.2) is 11.5 Å². The monoisotopic (exact) mass is 525 g/mol. The van der Waals surface area contributed by atoms with Gasteiger partial charge >= 0.3 is 0 Å². The van der Waals surface area contributed by atoms with Crippen LogP contribution in [0.1, 0.15) is 30.0 Å². The van der Waals surface area contributed by atoms with Crippen molar-refractivity contribution in [2.45, 2.75) is 25.3 Å². The molecule has 2 atom stereocenters. The maximum Gasteiger partial charge on any atom is 0.266 e. The second kappa shape index (κ2) is 10.1. The standard InChI is InChI=1S/C26H27N3O5S2/c1-33-20-7-6-16(11-21(20)34-2)12-22-25(32)28(26(35)36-22)9-8-23(30)27-13-17-10-18(15-27)19-4-3-5-24(31)29(19)14-17/h3-7,11-12,17-18H,8-10,13-15H2,1-2H3/b22-12+/t17-,18+/m1/s1. The summed E-state index contributed by atoms with van der Waals surface area (Å²) < 4.78 is 12.9. The predicted molar refractivity (Wildman–Crippen MR) is 142 cm³/mol. The molecule has 2 aromatic rings. The number of benzene rings is 1. The van der Waals surface area contributed by atoms with Crippen LogP contribution in [-0.2, 0) is 16.1 Å². The molecule has 8 nitrogen and oxygen atoms in total. The molecule has 36 heavy (non-hydrogen) atoms. The summed E-state index contributed by atoms with van der Waals surface area (Å²) >= 11 is 6.69. The molecule has 2 fully saturated rings. The molecule has 0 unspecified atom stereocenters. The summed E-state index contributed by atoms with van der Waals surface area (Å²) in [5, 5.41) is 0. The molecule has 3 aliphatic rings. The molecule has 5 rings (SSSR count). The zero-order chi connectivity index (χ0) is 25.4. The van der Waals surface area contributed by atoms with Gasteiger partial charge in [0.25, 0.3) is 11.5 Å². The summed E-state index contributed by atoms with van der Waals surface area (Å²) in [6.45, 7) is 2.11. The van der Waals surface area contributed by atoms with Gasteiger partial charge < -0.3 is 18.9 Å². The van der Waals surface area contributed by atoms with E-state index < -0.39 is 0 Å². The number of amides is 2. The first-order valence-corrected chi connectivity index (χ1v) is 13.1. The van der Waals surface area contributed by atoms with Crippen LogP contribution in [-0.4, -0.2) is 64.4 Å². The molecule has 2 bridgehead atoms. The quantitative estimate of drug-likeness (QED) is 0.424. The molecule has 188 valence electrons. The first kappa shape index (κ1) is 24.6. The Morgan fingerprint density at radius 3 is 2.69 bits per heavy atom. The largest absolute Gasteiger partial charge is 0.493 e.